The fraction of sp³-hybridized carbons (Fsp3) is 0. The van der Waals surface area contributed by atoms with Gasteiger partial charge in [0.25, 0.3) is 5.78 Å². The minimum Gasteiger partial charge on any atom is -0.477 e. The molecule has 0 aromatic carbocycles. The van der Waals surface area contributed by atoms with Crippen molar-refractivity contribution in [3.05, 3.63) is 29.3 Å². The molecule has 0 atom stereocenters. The van der Waals surface area contributed by atoms with E-state index in [1.807, 2.05) is 0 Å². The van der Waals surface area contributed by atoms with Crippen molar-refractivity contribution in [2.75, 3.05) is 0 Å². The summed E-state index contributed by atoms with van der Waals surface area (Å²) in [4.78, 5) is 23.9. The zero-order valence-corrected chi connectivity index (χ0v) is 5.89. The van der Waals surface area contributed by atoms with E-state index in [1.165, 1.54) is 12.2 Å². The van der Waals surface area contributed by atoms with Gasteiger partial charge in [0.15, 0.2) is 5.57 Å². The zero-order valence-electron chi connectivity index (χ0n) is 5.89. The molecule has 0 saturated heterocycles. The summed E-state index contributed by atoms with van der Waals surface area (Å²) in [6.07, 6.45) is 3.61. The molecule has 12 heavy (non-hydrogen) atoms. The van der Waals surface area contributed by atoms with Crippen molar-refractivity contribution < 1.29 is 19.5 Å². The predicted molar refractivity (Wildman–Crippen MR) is 38.5 cm³/mol. The second-order valence-electron chi connectivity index (χ2n) is 2.06. The molecule has 5 nitrogen and oxygen atoms in total. The second kappa shape index (κ2) is 2.94. The number of carboxylic acid groups (broad SMARTS) is 1. The minimum absolute atomic E-state index is 0.301. The third-order valence-corrected chi connectivity index (χ3v) is 1.33. The van der Waals surface area contributed by atoms with Gasteiger partial charge in [-0.3, -0.25) is 4.79 Å². The van der Waals surface area contributed by atoms with E-state index in [-0.39, 0.29) is 5.57 Å². The Morgan fingerprint density at radius 3 is 2.67 bits per heavy atom. The summed E-state index contributed by atoms with van der Waals surface area (Å²) in [7, 11) is 0. The molecule has 0 saturated carbocycles. The highest BCUT2D eigenvalue weighted by atomic mass is 16.4. The van der Waals surface area contributed by atoms with E-state index in [0.29, 0.717) is 0 Å². The molecule has 0 aromatic heterocycles. The second-order valence-corrected chi connectivity index (χ2v) is 2.06. The van der Waals surface area contributed by atoms with Crippen molar-refractivity contribution >= 4 is 17.5 Å². The Balaban J connectivity index is 3.23. The van der Waals surface area contributed by atoms with Crippen LogP contribution in [0.5, 0.6) is 0 Å². The van der Waals surface area contributed by atoms with E-state index in [1.54, 1.807) is 0 Å². The van der Waals surface area contributed by atoms with Crippen LogP contribution in [0.4, 0.5) is 0 Å². The van der Waals surface area contributed by atoms with Crippen LogP contribution >= 0.6 is 0 Å². The Morgan fingerprint density at radius 2 is 2.25 bits per heavy atom. The molecule has 1 aliphatic rings. The van der Waals surface area contributed by atoms with Gasteiger partial charge in [0, 0.05) is 0 Å². The van der Waals surface area contributed by atoms with Crippen LogP contribution in [0, 0.1) is 0 Å². The highest BCUT2D eigenvalue weighted by Crippen LogP contribution is 2.04. The van der Waals surface area contributed by atoms with Crippen molar-refractivity contribution in [1.29, 1.82) is 0 Å². The standard InChI is InChI=1S/C7H4N2O3/c8-9-6-4(7(11)12)2-1-3-5(6)10/h1-3H,(H,11,12). The lowest BCUT2D eigenvalue weighted by molar-refractivity contribution is -0.133. The smallest absolute Gasteiger partial charge is 0.376 e. The van der Waals surface area contributed by atoms with E-state index in [4.69, 9.17) is 10.6 Å². The van der Waals surface area contributed by atoms with Gasteiger partial charge in [-0.05, 0) is 12.2 Å². The zero-order chi connectivity index (χ0) is 9.14. The molecular weight excluding hydrogens is 160 g/mol. The average molecular weight is 164 g/mol. The van der Waals surface area contributed by atoms with Crippen LogP contribution in [0.25, 0.3) is 5.53 Å². The van der Waals surface area contributed by atoms with E-state index >= 15 is 0 Å². The van der Waals surface area contributed by atoms with Crippen LogP contribution in [0.1, 0.15) is 0 Å². The maximum atomic E-state index is 10.9. The normalized spacial score (nSPS) is 15.5. The summed E-state index contributed by atoms with van der Waals surface area (Å²) in [6, 6.07) is 0. The number of nitrogens with zero attached hydrogens (tertiary/aromatic N) is 2. The average Bonchev–Trinajstić information content (AvgIpc) is 2.03. The van der Waals surface area contributed by atoms with Crippen LogP contribution in [-0.4, -0.2) is 27.4 Å². The number of hydrogen-bond acceptors (Lipinski definition) is 2. The fourth-order valence-electron chi connectivity index (χ4n) is 0.798. The van der Waals surface area contributed by atoms with Gasteiger partial charge in [0.05, 0.1) is 0 Å². The Kier molecular flexibility index (Phi) is 1.98. The topological polar surface area (TPSA) is 90.8 Å². The predicted octanol–water partition coefficient (Wildman–Crippen LogP) is -0.193. The van der Waals surface area contributed by atoms with Crippen molar-refractivity contribution in [3.63, 3.8) is 0 Å². The lowest BCUT2D eigenvalue weighted by Gasteiger charge is -1.96. The number of carbonyl (C=O) groups excluding carboxylic acids is 1. The Bertz CT molecular complexity index is 359. The number of carboxylic acids is 1. The summed E-state index contributed by atoms with van der Waals surface area (Å²) in [6.45, 7) is 0. The first kappa shape index (κ1) is 8.10. The van der Waals surface area contributed by atoms with Crippen LogP contribution in [-0.2, 0) is 9.59 Å². The van der Waals surface area contributed by atoms with E-state index < -0.39 is 17.5 Å². The lowest BCUT2D eigenvalue weighted by atomic mass is 10.0. The molecule has 1 rings (SSSR count). The molecule has 0 bridgehead atoms. The maximum Gasteiger partial charge on any atom is 0.376 e. The highest BCUT2D eigenvalue weighted by molar-refractivity contribution is 6.53. The van der Waals surface area contributed by atoms with Gasteiger partial charge in [0.1, 0.15) is 0 Å². The molecule has 0 spiro atoms. The molecule has 60 valence electrons. The van der Waals surface area contributed by atoms with Crippen molar-refractivity contribution in [1.82, 2.24) is 0 Å². The quantitative estimate of drug-likeness (QED) is 0.330. The van der Waals surface area contributed by atoms with Crippen LogP contribution in [0.2, 0.25) is 0 Å². The molecule has 0 aliphatic heterocycles. The molecule has 0 radical (unpaired) electrons. The molecule has 0 aromatic rings. The Labute approximate surface area is 67.2 Å². The molecule has 0 fully saturated rings. The SMILES string of the molecule is [N-]=[N+]=C1C(=O)C=CC=C1C(=O)O. The van der Waals surface area contributed by atoms with Gasteiger partial charge in [-0.1, -0.05) is 6.08 Å². The summed E-state index contributed by atoms with van der Waals surface area (Å²) in [5.74, 6) is -1.90. The number of aliphatic carboxylic acids is 1. The summed E-state index contributed by atoms with van der Waals surface area (Å²) in [5.41, 5.74) is 7.57. The Hall–Kier alpha value is -2.00. The van der Waals surface area contributed by atoms with Gasteiger partial charge in [0.2, 0.25) is 0 Å². The van der Waals surface area contributed by atoms with Gasteiger partial charge in [-0.2, -0.15) is 4.79 Å². The van der Waals surface area contributed by atoms with Gasteiger partial charge >= 0.3 is 11.7 Å². The number of ketones is 1. The summed E-state index contributed by atoms with van der Waals surface area (Å²) >= 11 is 0. The van der Waals surface area contributed by atoms with E-state index in [0.717, 1.165) is 6.08 Å². The number of allylic oxidation sites excluding steroid dienone is 3. The molecule has 5 heteroatoms. The first-order chi connectivity index (χ1) is 5.66. The number of rotatable bonds is 1. The maximum absolute atomic E-state index is 10.9. The van der Waals surface area contributed by atoms with Crippen molar-refractivity contribution in [3.8, 4) is 0 Å². The third kappa shape index (κ3) is 1.21. The van der Waals surface area contributed by atoms with E-state index in [2.05, 4.69) is 4.79 Å². The number of hydrogen-bond donors (Lipinski definition) is 1. The first-order valence-corrected chi connectivity index (χ1v) is 3.05. The fourth-order valence-corrected chi connectivity index (χ4v) is 0.798. The largest absolute Gasteiger partial charge is 0.477 e. The molecule has 0 unspecified atom stereocenters. The van der Waals surface area contributed by atoms with Gasteiger partial charge in [-0.25, -0.2) is 4.79 Å². The van der Waals surface area contributed by atoms with E-state index in [9.17, 15) is 9.59 Å². The van der Waals surface area contributed by atoms with Gasteiger partial charge in [-0.15, -0.1) is 0 Å². The highest BCUT2D eigenvalue weighted by Gasteiger charge is 2.30. The molecule has 1 N–H and O–H groups in total. The third-order valence-electron chi connectivity index (χ3n) is 1.33. The summed E-state index contributed by atoms with van der Waals surface area (Å²) in [5, 5.41) is 8.51. The Morgan fingerprint density at radius 1 is 1.58 bits per heavy atom. The van der Waals surface area contributed by atoms with Crippen LogP contribution < -0.4 is 0 Å². The van der Waals surface area contributed by atoms with Crippen LogP contribution in [0.15, 0.2) is 23.8 Å². The minimum atomic E-state index is -1.29. The summed E-state index contributed by atoms with van der Waals surface area (Å²) < 4.78 is 0. The number of carbonyl (C=O) groups is 2. The van der Waals surface area contributed by atoms with Gasteiger partial charge < -0.3 is 10.6 Å². The van der Waals surface area contributed by atoms with Crippen LogP contribution in [0.3, 0.4) is 0 Å². The molecular formula is C7H4N2O3. The molecule has 0 heterocycles. The van der Waals surface area contributed by atoms with Crippen molar-refractivity contribution in [2.24, 2.45) is 0 Å². The lowest BCUT2D eigenvalue weighted by Crippen LogP contribution is -2.23. The first-order valence-electron chi connectivity index (χ1n) is 3.05. The molecule has 0 amide bonds. The monoisotopic (exact) mass is 164 g/mol. The molecule has 1 aliphatic carbocycles. The van der Waals surface area contributed by atoms with Crippen molar-refractivity contribution in [2.45, 2.75) is 0 Å².